The summed E-state index contributed by atoms with van der Waals surface area (Å²) < 4.78 is 14.3. The molecule has 2 atom stereocenters. The maximum absolute atomic E-state index is 14.3. The Morgan fingerprint density at radius 1 is 1.44 bits per heavy atom. The summed E-state index contributed by atoms with van der Waals surface area (Å²) in [5.41, 5.74) is 6.29. The Morgan fingerprint density at radius 2 is 2.22 bits per heavy atom. The molecule has 4 nitrogen and oxygen atoms in total. The molecular weight excluding hydrogens is 231 g/mol. The van der Waals surface area contributed by atoms with Gasteiger partial charge in [0.25, 0.3) is 0 Å². The summed E-state index contributed by atoms with van der Waals surface area (Å²) in [4.78, 5) is 10.2. The Morgan fingerprint density at radius 3 is 2.89 bits per heavy atom. The molecule has 1 aromatic rings. The van der Waals surface area contributed by atoms with Gasteiger partial charge in [0.05, 0.1) is 5.69 Å². The minimum Gasteiger partial charge on any atom is -0.347 e. The molecule has 2 rings (SSSR count). The molecule has 0 saturated carbocycles. The topological polar surface area (TPSA) is 55.0 Å². The summed E-state index contributed by atoms with van der Waals surface area (Å²) in [5, 5.41) is 0. The van der Waals surface area contributed by atoms with Gasteiger partial charge in [-0.1, -0.05) is 6.92 Å². The van der Waals surface area contributed by atoms with Gasteiger partial charge in [-0.05, 0) is 32.6 Å². The molecule has 1 aliphatic heterocycles. The molecule has 2 N–H and O–H groups in total. The first kappa shape index (κ1) is 13.2. The highest BCUT2D eigenvalue weighted by Gasteiger charge is 2.30. The molecule has 2 heterocycles. The minimum absolute atomic E-state index is 0.183. The van der Waals surface area contributed by atoms with Crippen LogP contribution in [0.5, 0.6) is 0 Å². The van der Waals surface area contributed by atoms with Crippen LogP contribution in [-0.2, 0) is 6.42 Å². The fourth-order valence-electron chi connectivity index (χ4n) is 2.72. The zero-order valence-electron chi connectivity index (χ0n) is 11.1. The minimum atomic E-state index is -0.285. The van der Waals surface area contributed by atoms with Crippen LogP contribution in [0.3, 0.4) is 0 Å². The van der Waals surface area contributed by atoms with Crippen LogP contribution >= 0.6 is 0 Å². The van der Waals surface area contributed by atoms with E-state index in [2.05, 4.69) is 16.9 Å². The standard InChI is InChI=1S/C13H21FN4/c1-3-11-12(14)13(17-8-16-11)18-9(2)5-4-6-10(18)7-15/h8-10H,3-7,15H2,1-2H3. The third-order valence-corrected chi connectivity index (χ3v) is 3.72. The molecule has 0 radical (unpaired) electrons. The summed E-state index contributed by atoms with van der Waals surface area (Å²) in [6.45, 7) is 4.54. The van der Waals surface area contributed by atoms with Crippen molar-refractivity contribution in [3.8, 4) is 0 Å². The Bertz CT molecular complexity index is 410. The number of nitrogens with two attached hydrogens (primary N) is 1. The lowest BCUT2D eigenvalue weighted by atomic mass is 9.96. The molecule has 1 fully saturated rings. The zero-order chi connectivity index (χ0) is 13.1. The lowest BCUT2D eigenvalue weighted by molar-refractivity contribution is 0.390. The number of aromatic nitrogens is 2. The van der Waals surface area contributed by atoms with Gasteiger partial charge in [-0.2, -0.15) is 0 Å². The van der Waals surface area contributed by atoms with Crippen molar-refractivity contribution in [2.24, 2.45) is 5.73 Å². The highest BCUT2D eigenvalue weighted by molar-refractivity contribution is 5.44. The Balaban J connectivity index is 2.38. The van der Waals surface area contributed by atoms with Gasteiger partial charge in [-0.15, -0.1) is 0 Å². The third kappa shape index (κ3) is 2.32. The van der Waals surface area contributed by atoms with Crippen LogP contribution in [-0.4, -0.2) is 28.6 Å². The van der Waals surface area contributed by atoms with Crippen molar-refractivity contribution in [2.45, 2.75) is 51.6 Å². The number of nitrogens with zero attached hydrogens (tertiary/aromatic N) is 3. The van der Waals surface area contributed by atoms with Gasteiger partial charge in [0.15, 0.2) is 11.6 Å². The van der Waals surface area contributed by atoms with E-state index in [1.807, 2.05) is 11.8 Å². The van der Waals surface area contributed by atoms with Crippen molar-refractivity contribution < 1.29 is 4.39 Å². The molecule has 0 aliphatic carbocycles. The van der Waals surface area contributed by atoms with E-state index in [9.17, 15) is 4.39 Å². The molecule has 1 aromatic heterocycles. The molecule has 18 heavy (non-hydrogen) atoms. The number of hydrogen-bond donors (Lipinski definition) is 1. The summed E-state index contributed by atoms with van der Waals surface area (Å²) >= 11 is 0. The maximum atomic E-state index is 14.3. The molecule has 0 bridgehead atoms. The lowest BCUT2D eigenvalue weighted by Crippen LogP contribution is -2.50. The Kier molecular flexibility index (Phi) is 4.11. The molecule has 1 aliphatic rings. The SMILES string of the molecule is CCc1ncnc(N2C(C)CCCC2CN)c1F. The zero-order valence-corrected chi connectivity index (χ0v) is 11.1. The molecule has 0 aromatic carbocycles. The van der Waals surface area contributed by atoms with Gasteiger partial charge in [-0.25, -0.2) is 14.4 Å². The highest BCUT2D eigenvalue weighted by Crippen LogP contribution is 2.29. The smallest absolute Gasteiger partial charge is 0.187 e. The van der Waals surface area contributed by atoms with E-state index in [1.54, 1.807) is 0 Å². The molecule has 1 saturated heterocycles. The van der Waals surface area contributed by atoms with E-state index in [4.69, 9.17) is 5.73 Å². The van der Waals surface area contributed by atoms with Crippen molar-refractivity contribution in [3.05, 3.63) is 17.8 Å². The van der Waals surface area contributed by atoms with Crippen LogP contribution in [0, 0.1) is 5.82 Å². The van der Waals surface area contributed by atoms with Crippen LogP contribution < -0.4 is 10.6 Å². The van der Waals surface area contributed by atoms with Gasteiger partial charge < -0.3 is 10.6 Å². The second kappa shape index (κ2) is 5.61. The summed E-state index contributed by atoms with van der Waals surface area (Å²) in [7, 11) is 0. The van der Waals surface area contributed by atoms with E-state index < -0.39 is 0 Å². The van der Waals surface area contributed by atoms with Crippen LogP contribution in [0.2, 0.25) is 0 Å². The highest BCUT2D eigenvalue weighted by atomic mass is 19.1. The van der Waals surface area contributed by atoms with Gasteiger partial charge in [0.2, 0.25) is 0 Å². The molecule has 100 valence electrons. The Hall–Kier alpha value is -1.23. The molecular formula is C13H21FN4. The first-order valence-corrected chi connectivity index (χ1v) is 6.66. The van der Waals surface area contributed by atoms with E-state index in [0.717, 1.165) is 19.3 Å². The van der Waals surface area contributed by atoms with Crippen molar-refractivity contribution in [1.29, 1.82) is 0 Å². The first-order valence-electron chi connectivity index (χ1n) is 6.66. The summed E-state index contributed by atoms with van der Waals surface area (Å²) in [6, 6.07) is 0.462. The van der Waals surface area contributed by atoms with E-state index in [-0.39, 0.29) is 17.9 Å². The fraction of sp³-hybridized carbons (Fsp3) is 0.692. The monoisotopic (exact) mass is 252 g/mol. The average molecular weight is 252 g/mol. The van der Waals surface area contributed by atoms with Crippen molar-refractivity contribution >= 4 is 5.82 Å². The van der Waals surface area contributed by atoms with E-state index >= 15 is 0 Å². The van der Waals surface area contributed by atoms with Crippen LogP contribution in [0.4, 0.5) is 10.2 Å². The second-order valence-electron chi connectivity index (χ2n) is 4.89. The number of halogens is 1. The summed E-state index contributed by atoms with van der Waals surface area (Å²) in [6.07, 6.45) is 5.24. The van der Waals surface area contributed by atoms with E-state index in [1.165, 1.54) is 6.33 Å². The molecule has 0 spiro atoms. The van der Waals surface area contributed by atoms with Crippen molar-refractivity contribution in [1.82, 2.24) is 9.97 Å². The van der Waals surface area contributed by atoms with Gasteiger partial charge in [0.1, 0.15) is 6.33 Å². The van der Waals surface area contributed by atoms with Gasteiger partial charge >= 0.3 is 0 Å². The molecule has 0 amide bonds. The number of rotatable bonds is 3. The fourth-order valence-corrected chi connectivity index (χ4v) is 2.72. The first-order chi connectivity index (χ1) is 8.69. The van der Waals surface area contributed by atoms with Crippen LogP contribution in [0.15, 0.2) is 6.33 Å². The normalized spacial score (nSPS) is 24.3. The van der Waals surface area contributed by atoms with E-state index in [0.29, 0.717) is 24.5 Å². The average Bonchev–Trinajstić information content (AvgIpc) is 2.39. The number of aryl methyl sites for hydroxylation is 1. The maximum Gasteiger partial charge on any atom is 0.187 e. The summed E-state index contributed by atoms with van der Waals surface area (Å²) in [5.74, 6) is 0.136. The predicted molar refractivity (Wildman–Crippen MR) is 70.0 cm³/mol. The molecule has 5 heteroatoms. The van der Waals surface area contributed by atoms with Gasteiger partial charge in [0, 0.05) is 18.6 Å². The molecule has 2 unspecified atom stereocenters. The number of hydrogen-bond acceptors (Lipinski definition) is 4. The van der Waals surface area contributed by atoms with Gasteiger partial charge in [-0.3, -0.25) is 0 Å². The third-order valence-electron chi connectivity index (χ3n) is 3.72. The van der Waals surface area contributed by atoms with Crippen molar-refractivity contribution in [2.75, 3.05) is 11.4 Å². The Labute approximate surface area is 107 Å². The number of piperidine rings is 1. The van der Waals surface area contributed by atoms with Crippen molar-refractivity contribution in [3.63, 3.8) is 0 Å². The number of anilines is 1. The quantitative estimate of drug-likeness (QED) is 0.892. The predicted octanol–water partition coefficient (Wildman–Crippen LogP) is 1.88. The largest absolute Gasteiger partial charge is 0.347 e. The lowest BCUT2D eigenvalue weighted by Gasteiger charge is -2.41. The van der Waals surface area contributed by atoms with Crippen LogP contribution in [0.1, 0.15) is 38.8 Å². The van der Waals surface area contributed by atoms with Crippen LogP contribution in [0.25, 0.3) is 0 Å². The second-order valence-corrected chi connectivity index (χ2v) is 4.89.